The monoisotopic (exact) mass is 437 g/mol. The number of hydrogen-bond donors (Lipinski definition) is 1. The molecule has 0 spiro atoms. The van der Waals surface area contributed by atoms with Gasteiger partial charge in [-0.15, -0.1) is 11.5 Å². The number of carbonyl (C=O) groups is 2. The Morgan fingerprint density at radius 3 is 2.21 bits per heavy atom. The number of anilines is 1. The third-order valence-corrected chi connectivity index (χ3v) is 5.72. The van der Waals surface area contributed by atoms with Crippen molar-refractivity contribution in [3.05, 3.63) is 94.2 Å². The van der Waals surface area contributed by atoms with Crippen LogP contribution in [0.1, 0.15) is 53.8 Å². The molecule has 2 aromatic carbocycles. The normalized spacial score (nSPS) is 17.4. The molecule has 6 nitrogen and oxygen atoms in total. The largest absolute Gasteiger partial charge is 0.507 e. The molecule has 1 unspecified atom stereocenters. The van der Waals surface area contributed by atoms with Gasteiger partial charge in [0, 0.05) is 11.1 Å². The van der Waals surface area contributed by atoms with Gasteiger partial charge in [-0.2, -0.15) is 5.10 Å². The number of aliphatic hydroxyl groups excluding tert-OH is 1. The first-order valence-corrected chi connectivity index (χ1v) is 10.6. The standard InChI is InChI=1S/C27H23N3O3/c1-5-18-7-9-20(10-8-18)24-23(25(31)21-13-11-19(12-14-21)16(2)3)26(32)27(33)30(24)22-15-6-17(4)28-29-22/h1,6-16,24,31H,2-4H3. The summed E-state index contributed by atoms with van der Waals surface area (Å²) in [6, 6.07) is 16.7. The molecule has 1 N–H and O–H groups in total. The van der Waals surface area contributed by atoms with Gasteiger partial charge in [-0.25, -0.2) is 0 Å². The van der Waals surface area contributed by atoms with Crippen molar-refractivity contribution in [1.82, 2.24) is 10.2 Å². The van der Waals surface area contributed by atoms with Gasteiger partial charge in [0.25, 0.3) is 5.78 Å². The van der Waals surface area contributed by atoms with Crippen LogP contribution in [0.5, 0.6) is 0 Å². The number of carbonyl (C=O) groups excluding carboxylic acids is 2. The lowest BCUT2D eigenvalue weighted by atomic mass is 9.93. The molecule has 1 fully saturated rings. The van der Waals surface area contributed by atoms with E-state index >= 15 is 0 Å². The maximum Gasteiger partial charge on any atom is 0.301 e. The molecule has 164 valence electrons. The van der Waals surface area contributed by atoms with E-state index in [4.69, 9.17) is 6.42 Å². The van der Waals surface area contributed by atoms with Crippen LogP contribution < -0.4 is 4.90 Å². The van der Waals surface area contributed by atoms with E-state index in [1.165, 1.54) is 4.90 Å². The maximum atomic E-state index is 13.2. The van der Waals surface area contributed by atoms with Crippen molar-refractivity contribution in [1.29, 1.82) is 0 Å². The maximum absolute atomic E-state index is 13.2. The van der Waals surface area contributed by atoms with Crippen molar-refractivity contribution in [3.8, 4) is 12.3 Å². The van der Waals surface area contributed by atoms with Crippen LogP contribution in [0.2, 0.25) is 0 Å². The van der Waals surface area contributed by atoms with E-state index in [0.29, 0.717) is 28.3 Å². The number of hydrogen-bond acceptors (Lipinski definition) is 5. The Kier molecular flexibility index (Phi) is 5.80. The minimum Gasteiger partial charge on any atom is -0.507 e. The Bertz CT molecular complexity index is 1280. The first-order chi connectivity index (χ1) is 15.8. The predicted octanol–water partition coefficient (Wildman–Crippen LogP) is 4.52. The number of ketones is 1. The molecule has 1 aromatic heterocycles. The minimum atomic E-state index is -0.876. The Morgan fingerprint density at radius 2 is 1.67 bits per heavy atom. The summed E-state index contributed by atoms with van der Waals surface area (Å²) in [5.74, 6) is 1.30. The molecule has 0 radical (unpaired) electrons. The summed E-state index contributed by atoms with van der Waals surface area (Å²) in [5, 5.41) is 19.3. The van der Waals surface area contributed by atoms with Gasteiger partial charge in [-0.3, -0.25) is 14.5 Å². The van der Waals surface area contributed by atoms with Crippen LogP contribution >= 0.6 is 0 Å². The van der Waals surface area contributed by atoms with Gasteiger partial charge in [0.05, 0.1) is 17.3 Å². The minimum absolute atomic E-state index is 0.00636. The Labute approximate surface area is 192 Å². The summed E-state index contributed by atoms with van der Waals surface area (Å²) >= 11 is 0. The lowest BCUT2D eigenvalue weighted by Gasteiger charge is -2.24. The highest BCUT2D eigenvalue weighted by Crippen LogP contribution is 2.41. The van der Waals surface area contributed by atoms with E-state index in [1.807, 2.05) is 12.1 Å². The van der Waals surface area contributed by atoms with Crippen molar-refractivity contribution in [2.24, 2.45) is 0 Å². The van der Waals surface area contributed by atoms with E-state index < -0.39 is 17.7 Å². The second kappa shape index (κ2) is 8.71. The number of benzene rings is 2. The zero-order valence-corrected chi connectivity index (χ0v) is 18.6. The first-order valence-electron chi connectivity index (χ1n) is 10.6. The molecule has 1 atom stereocenters. The zero-order chi connectivity index (χ0) is 23.7. The third kappa shape index (κ3) is 4.01. The summed E-state index contributed by atoms with van der Waals surface area (Å²) in [5.41, 5.74) is 3.51. The summed E-state index contributed by atoms with van der Waals surface area (Å²) in [6.07, 6.45) is 5.48. The highest BCUT2D eigenvalue weighted by Gasteiger charge is 2.47. The SMILES string of the molecule is C#Cc1ccc(C2C(=C(O)c3ccc(C(C)C)cc3)C(=O)C(=O)N2c2ccc(C)nn2)cc1. The van der Waals surface area contributed by atoms with Gasteiger partial charge in [0.2, 0.25) is 0 Å². The summed E-state index contributed by atoms with van der Waals surface area (Å²) in [4.78, 5) is 27.6. The highest BCUT2D eigenvalue weighted by atomic mass is 16.3. The quantitative estimate of drug-likeness (QED) is 0.281. The molecule has 2 heterocycles. The molecule has 1 aliphatic heterocycles. The number of Topliss-reactive ketones (excluding diaryl/α,β-unsaturated/α-hetero) is 1. The molecular formula is C27H23N3O3. The van der Waals surface area contributed by atoms with Gasteiger partial charge < -0.3 is 5.11 Å². The van der Waals surface area contributed by atoms with Crippen LogP contribution in [0.3, 0.4) is 0 Å². The summed E-state index contributed by atoms with van der Waals surface area (Å²) < 4.78 is 0. The van der Waals surface area contributed by atoms with Gasteiger partial charge >= 0.3 is 5.91 Å². The molecule has 0 bridgehead atoms. The summed E-state index contributed by atoms with van der Waals surface area (Å²) in [7, 11) is 0. The summed E-state index contributed by atoms with van der Waals surface area (Å²) in [6.45, 7) is 5.92. The van der Waals surface area contributed by atoms with Crippen molar-refractivity contribution in [3.63, 3.8) is 0 Å². The molecule has 3 aromatic rings. The lowest BCUT2D eigenvalue weighted by molar-refractivity contribution is -0.132. The Morgan fingerprint density at radius 1 is 1.00 bits per heavy atom. The topological polar surface area (TPSA) is 83.4 Å². The number of amides is 1. The highest BCUT2D eigenvalue weighted by molar-refractivity contribution is 6.51. The average molecular weight is 437 g/mol. The van der Waals surface area contributed by atoms with E-state index in [-0.39, 0.29) is 17.2 Å². The molecule has 1 saturated heterocycles. The molecule has 1 amide bonds. The van der Waals surface area contributed by atoms with Crippen LogP contribution in [-0.4, -0.2) is 27.0 Å². The number of aromatic nitrogens is 2. The van der Waals surface area contributed by atoms with Crippen LogP contribution in [0, 0.1) is 19.3 Å². The van der Waals surface area contributed by atoms with Crippen LogP contribution in [0.4, 0.5) is 5.82 Å². The van der Waals surface area contributed by atoms with Gasteiger partial charge in [0.1, 0.15) is 5.76 Å². The second-order valence-corrected chi connectivity index (χ2v) is 8.25. The number of aryl methyl sites for hydroxylation is 1. The number of rotatable bonds is 4. The predicted molar refractivity (Wildman–Crippen MR) is 126 cm³/mol. The molecular weight excluding hydrogens is 414 g/mol. The van der Waals surface area contributed by atoms with Crippen molar-refractivity contribution in [2.45, 2.75) is 32.7 Å². The van der Waals surface area contributed by atoms with E-state index in [2.05, 4.69) is 30.0 Å². The average Bonchev–Trinajstić information content (AvgIpc) is 3.09. The van der Waals surface area contributed by atoms with Gasteiger partial charge in [-0.1, -0.05) is 56.2 Å². The van der Waals surface area contributed by atoms with Crippen molar-refractivity contribution < 1.29 is 14.7 Å². The second-order valence-electron chi connectivity index (χ2n) is 8.25. The molecule has 4 rings (SSSR count). The van der Waals surface area contributed by atoms with Crippen molar-refractivity contribution in [2.75, 3.05) is 4.90 Å². The number of aliphatic hydroxyl groups is 1. The Balaban J connectivity index is 1.90. The lowest BCUT2D eigenvalue weighted by Crippen LogP contribution is -2.30. The fraction of sp³-hybridized carbons (Fsp3) is 0.185. The molecule has 1 aliphatic rings. The smallest absolute Gasteiger partial charge is 0.301 e. The fourth-order valence-corrected chi connectivity index (χ4v) is 3.85. The number of nitrogens with zero attached hydrogens (tertiary/aromatic N) is 3. The van der Waals surface area contributed by atoms with E-state index in [0.717, 1.165) is 5.56 Å². The van der Waals surface area contributed by atoms with Crippen LogP contribution in [-0.2, 0) is 9.59 Å². The van der Waals surface area contributed by atoms with Gasteiger partial charge in [0.15, 0.2) is 5.82 Å². The molecule has 0 aliphatic carbocycles. The zero-order valence-electron chi connectivity index (χ0n) is 18.6. The first kappa shape index (κ1) is 22.0. The Hall–Kier alpha value is -4.24. The fourth-order valence-electron chi connectivity index (χ4n) is 3.85. The van der Waals surface area contributed by atoms with Crippen LogP contribution in [0.25, 0.3) is 5.76 Å². The van der Waals surface area contributed by atoms with Gasteiger partial charge in [-0.05, 0) is 48.2 Å². The number of terminal acetylenes is 1. The van der Waals surface area contributed by atoms with Crippen LogP contribution in [0.15, 0.2) is 66.2 Å². The molecule has 0 saturated carbocycles. The molecule has 6 heteroatoms. The third-order valence-electron chi connectivity index (χ3n) is 5.72. The van der Waals surface area contributed by atoms with E-state index in [9.17, 15) is 14.7 Å². The molecule has 33 heavy (non-hydrogen) atoms. The van der Waals surface area contributed by atoms with E-state index in [1.54, 1.807) is 55.5 Å². The van der Waals surface area contributed by atoms with Crippen molar-refractivity contribution >= 4 is 23.3 Å².